The summed E-state index contributed by atoms with van der Waals surface area (Å²) in [6.45, 7) is 0. The van der Waals surface area contributed by atoms with Crippen molar-refractivity contribution in [1.29, 1.82) is 0 Å². The van der Waals surface area contributed by atoms with Gasteiger partial charge in [-0.15, -0.1) is 0 Å². The average Bonchev–Trinajstić information content (AvgIpc) is 2.99. The van der Waals surface area contributed by atoms with Crippen LogP contribution in [0.3, 0.4) is 0 Å². The lowest BCUT2D eigenvalue weighted by molar-refractivity contribution is 0.655. The first-order valence-corrected chi connectivity index (χ1v) is 9.22. The van der Waals surface area contributed by atoms with E-state index < -0.39 is 0 Å². The first kappa shape index (κ1) is 14.7. The van der Waals surface area contributed by atoms with Crippen LogP contribution in [0.5, 0.6) is 0 Å². The Kier molecular flexibility index (Phi) is 3.34. The van der Waals surface area contributed by atoms with E-state index in [9.17, 15) is 4.89 Å². The molecule has 0 spiro atoms. The number of nitrogens with zero attached hydrogens (tertiary/aromatic N) is 1. The zero-order chi connectivity index (χ0) is 16.8. The minimum Gasteiger partial charge on any atom is -0.372 e. The SMILES string of the molecule is OPc1ccc2c(c1)c1cc3ccccc3cc1n2-c1ccccc1. The summed E-state index contributed by atoms with van der Waals surface area (Å²) in [4.78, 5) is 9.59. The Balaban J connectivity index is 2.00. The van der Waals surface area contributed by atoms with Gasteiger partial charge in [0.25, 0.3) is 0 Å². The Morgan fingerprint density at radius 2 is 1.32 bits per heavy atom. The van der Waals surface area contributed by atoms with Crippen molar-refractivity contribution < 1.29 is 4.89 Å². The highest BCUT2D eigenvalue weighted by atomic mass is 31.1. The predicted octanol–water partition coefficient (Wildman–Crippen LogP) is 5.15. The molecule has 5 rings (SSSR count). The molecule has 1 N–H and O–H groups in total. The summed E-state index contributed by atoms with van der Waals surface area (Å²) in [5.74, 6) is 0. The summed E-state index contributed by atoms with van der Waals surface area (Å²) < 4.78 is 2.31. The molecular weight excluding hydrogens is 325 g/mol. The average molecular weight is 341 g/mol. The van der Waals surface area contributed by atoms with E-state index in [0.717, 1.165) is 11.0 Å². The topological polar surface area (TPSA) is 25.2 Å². The minimum atomic E-state index is -0.188. The number of hydrogen-bond donors (Lipinski definition) is 1. The van der Waals surface area contributed by atoms with Gasteiger partial charge in [0.15, 0.2) is 0 Å². The second kappa shape index (κ2) is 5.70. The van der Waals surface area contributed by atoms with Crippen LogP contribution in [0.15, 0.2) is 84.9 Å². The maximum Gasteiger partial charge on any atom is 0.0547 e. The number of rotatable bonds is 2. The van der Waals surface area contributed by atoms with Gasteiger partial charge in [-0.05, 0) is 52.5 Å². The van der Waals surface area contributed by atoms with E-state index in [1.54, 1.807) is 0 Å². The van der Waals surface area contributed by atoms with Crippen LogP contribution in [-0.4, -0.2) is 9.46 Å². The van der Waals surface area contributed by atoms with Gasteiger partial charge in [0.05, 0.1) is 11.0 Å². The van der Waals surface area contributed by atoms with Crippen molar-refractivity contribution >= 4 is 46.7 Å². The maximum atomic E-state index is 9.59. The molecule has 0 fully saturated rings. The lowest BCUT2D eigenvalue weighted by Gasteiger charge is -2.08. The van der Waals surface area contributed by atoms with Crippen molar-refractivity contribution in [2.24, 2.45) is 0 Å². The van der Waals surface area contributed by atoms with E-state index in [4.69, 9.17) is 0 Å². The number of benzene rings is 4. The molecule has 0 aliphatic heterocycles. The Morgan fingerprint density at radius 3 is 2.08 bits per heavy atom. The fraction of sp³-hybridized carbons (Fsp3) is 0. The van der Waals surface area contributed by atoms with Gasteiger partial charge in [-0.3, -0.25) is 0 Å². The fourth-order valence-corrected chi connectivity index (χ4v) is 4.00. The van der Waals surface area contributed by atoms with Gasteiger partial charge < -0.3 is 9.46 Å². The Labute approximate surface area is 147 Å². The third kappa shape index (κ3) is 2.26. The van der Waals surface area contributed by atoms with E-state index in [1.165, 1.54) is 32.6 Å². The van der Waals surface area contributed by atoms with Gasteiger partial charge in [0.1, 0.15) is 0 Å². The highest BCUT2D eigenvalue weighted by Gasteiger charge is 2.13. The highest BCUT2D eigenvalue weighted by molar-refractivity contribution is 7.40. The first-order valence-electron chi connectivity index (χ1n) is 8.28. The monoisotopic (exact) mass is 341 g/mol. The van der Waals surface area contributed by atoms with Gasteiger partial charge in [-0.25, -0.2) is 0 Å². The van der Waals surface area contributed by atoms with Crippen molar-refractivity contribution in [1.82, 2.24) is 4.57 Å². The fourth-order valence-electron chi connectivity index (χ4n) is 3.63. The summed E-state index contributed by atoms with van der Waals surface area (Å²) in [5, 5.41) is 5.84. The van der Waals surface area contributed by atoms with E-state index >= 15 is 0 Å². The van der Waals surface area contributed by atoms with Crippen molar-refractivity contribution in [3.63, 3.8) is 0 Å². The summed E-state index contributed by atoms with van der Waals surface area (Å²) in [5.41, 5.74) is 3.51. The standard InChI is InChI=1S/C22H16NOP/c24-25-18-10-11-21-20(14-18)19-12-15-6-4-5-7-16(15)13-22(19)23(21)17-8-2-1-3-9-17/h1-14,24-25H. The van der Waals surface area contributed by atoms with Gasteiger partial charge in [-0.2, -0.15) is 0 Å². The highest BCUT2D eigenvalue weighted by Crippen LogP contribution is 2.34. The van der Waals surface area contributed by atoms with E-state index in [2.05, 4.69) is 77.4 Å². The smallest absolute Gasteiger partial charge is 0.0547 e. The van der Waals surface area contributed by atoms with Crippen LogP contribution in [0.2, 0.25) is 0 Å². The summed E-state index contributed by atoms with van der Waals surface area (Å²) >= 11 is 0. The Hall–Kier alpha value is -2.67. The number of fused-ring (bicyclic) bond motifs is 4. The molecule has 4 aromatic carbocycles. The molecule has 0 radical (unpaired) electrons. The van der Waals surface area contributed by atoms with Crippen LogP contribution in [0.25, 0.3) is 38.3 Å². The maximum absolute atomic E-state index is 9.59. The molecule has 3 heteroatoms. The van der Waals surface area contributed by atoms with Crippen LogP contribution < -0.4 is 5.30 Å². The minimum absolute atomic E-state index is 0.188. The summed E-state index contributed by atoms with van der Waals surface area (Å²) in [6.07, 6.45) is 0. The Bertz CT molecular complexity index is 1220. The second-order valence-corrected chi connectivity index (χ2v) is 7.03. The molecule has 0 saturated carbocycles. The molecule has 1 atom stereocenters. The van der Waals surface area contributed by atoms with Crippen molar-refractivity contribution in [2.45, 2.75) is 0 Å². The first-order chi connectivity index (χ1) is 12.3. The molecule has 2 nitrogen and oxygen atoms in total. The van der Waals surface area contributed by atoms with Gasteiger partial charge in [-0.1, -0.05) is 48.5 Å². The van der Waals surface area contributed by atoms with E-state index in [-0.39, 0.29) is 8.81 Å². The van der Waals surface area contributed by atoms with Crippen LogP contribution in [0.4, 0.5) is 0 Å². The van der Waals surface area contributed by atoms with Crippen LogP contribution in [-0.2, 0) is 0 Å². The predicted molar refractivity (Wildman–Crippen MR) is 108 cm³/mol. The van der Waals surface area contributed by atoms with Crippen molar-refractivity contribution in [3.8, 4) is 5.69 Å². The molecule has 1 unspecified atom stereocenters. The van der Waals surface area contributed by atoms with E-state index in [0.29, 0.717) is 0 Å². The molecule has 120 valence electrons. The van der Waals surface area contributed by atoms with Crippen LogP contribution >= 0.6 is 8.81 Å². The Morgan fingerprint density at radius 1 is 0.640 bits per heavy atom. The largest absolute Gasteiger partial charge is 0.372 e. The summed E-state index contributed by atoms with van der Waals surface area (Å²) in [6, 6.07) is 29.7. The number of aromatic nitrogens is 1. The molecule has 0 amide bonds. The van der Waals surface area contributed by atoms with Crippen molar-refractivity contribution in [2.75, 3.05) is 0 Å². The normalized spacial score (nSPS) is 12.0. The molecule has 0 aliphatic rings. The molecule has 1 heterocycles. The third-order valence-electron chi connectivity index (χ3n) is 4.78. The molecule has 0 bridgehead atoms. The molecule has 0 saturated heterocycles. The molecular formula is C22H16NOP. The van der Waals surface area contributed by atoms with Crippen LogP contribution in [0, 0.1) is 0 Å². The molecule has 1 aromatic heterocycles. The van der Waals surface area contributed by atoms with Gasteiger partial charge in [0.2, 0.25) is 0 Å². The van der Waals surface area contributed by atoms with Crippen molar-refractivity contribution in [3.05, 3.63) is 84.9 Å². The lowest BCUT2D eigenvalue weighted by Crippen LogP contribution is -1.95. The third-order valence-corrected chi connectivity index (χ3v) is 5.35. The molecule has 25 heavy (non-hydrogen) atoms. The van der Waals surface area contributed by atoms with Gasteiger partial charge in [0, 0.05) is 25.3 Å². The molecule has 0 aliphatic carbocycles. The summed E-state index contributed by atoms with van der Waals surface area (Å²) in [7, 11) is -0.188. The van der Waals surface area contributed by atoms with Crippen LogP contribution in [0.1, 0.15) is 0 Å². The second-order valence-electron chi connectivity index (χ2n) is 6.23. The van der Waals surface area contributed by atoms with Gasteiger partial charge >= 0.3 is 0 Å². The zero-order valence-electron chi connectivity index (χ0n) is 13.5. The molecule has 5 aromatic rings. The number of hydrogen-bond acceptors (Lipinski definition) is 1. The zero-order valence-corrected chi connectivity index (χ0v) is 14.5. The van der Waals surface area contributed by atoms with E-state index in [1.807, 2.05) is 12.1 Å². The lowest BCUT2D eigenvalue weighted by atomic mass is 10.1. The quantitative estimate of drug-likeness (QED) is 0.442. The number of para-hydroxylation sites is 1.